The van der Waals surface area contributed by atoms with Gasteiger partial charge in [-0.25, -0.2) is 4.79 Å². The number of aliphatic hydroxyl groups is 1. The zero-order chi connectivity index (χ0) is 11.8. The second-order valence-electron chi connectivity index (χ2n) is 4.32. The van der Waals surface area contributed by atoms with E-state index < -0.39 is 0 Å². The first-order chi connectivity index (χ1) is 7.60. The second kappa shape index (κ2) is 3.79. The van der Waals surface area contributed by atoms with E-state index in [1.807, 2.05) is 13.0 Å². The van der Waals surface area contributed by atoms with Crippen LogP contribution in [0.3, 0.4) is 0 Å². The zero-order valence-electron chi connectivity index (χ0n) is 9.41. The van der Waals surface area contributed by atoms with Crippen molar-refractivity contribution in [2.75, 3.05) is 25.6 Å². The SMILES string of the molecule is COC(=O)c1ccc2c(c1)[C@@](C)(CO)CN2. The number of hydrogen-bond acceptors (Lipinski definition) is 4. The van der Waals surface area contributed by atoms with Crippen molar-refractivity contribution in [3.05, 3.63) is 29.3 Å². The predicted octanol–water partition coefficient (Wildman–Crippen LogP) is 1.15. The molecule has 0 amide bonds. The largest absolute Gasteiger partial charge is 0.465 e. The van der Waals surface area contributed by atoms with Gasteiger partial charge in [0.1, 0.15) is 0 Å². The van der Waals surface area contributed by atoms with Crippen molar-refractivity contribution >= 4 is 11.7 Å². The van der Waals surface area contributed by atoms with E-state index in [2.05, 4.69) is 10.1 Å². The molecule has 1 heterocycles. The van der Waals surface area contributed by atoms with Crippen molar-refractivity contribution in [2.24, 2.45) is 0 Å². The first-order valence-corrected chi connectivity index (χ1v) is 5.18. The summed E-state index contributed by atoms with van der Waals surface area (Å²) in [5, 5.41) is 12.6. The minimum Gasteiger partial charge on any atom is -0.465 e. The van der Waals surface area contributed by atoms with Gasteiger partial charge in [0, 0.05) is 17.6 Å². The minimum absolute atomic E-state index is 0.0532. The second-order valence-corrected chi connectivity index (χ2v) is 4.32. The van der Waals surface area contributed by atoms with E-state index >= 15 is 0 Å². The average molecular weight is 221 g/mol. The van der Waals surface area contributed by atoms with E-state index in [4.69, 9.17) is 0 Å². The van der Waals surface area contributed by atoms with Crippen LogP contribution in [0, 0.1) is 0 Å². The van der Waals surface area contributed by atoms with Crippen LogP contribution >= 0.6 is 0 Å². The van der Waals surface area contributed by atoms with Gasteiger partial charge in [0.15, 0.2) is 0 Å². The molecular formula is C12H15NO3. The molecule has 1 aliphatic rings. The van der Waals surface area contributed by atoms with Crippen LogP contribution in [0.4, 0.5) is 5.69 Å². The van der Waals surface area contributed by atoms with Gasteiger partial charge in [0.05, 0.1) is 19.3 Å². The van der Waals surface area contributed by atoms with Gasteiger partial charge in [-0.3, -0.25) is 0 Å². The van der Waals surface area contributed by atoms with E-state index in [-0.39, 0.29) is 18.0 Å². The smallest absolute Gasteiger partial charge is 0.337 e. The lowest BCUT2D eigenvalue weighted by molar-refractivity contribution is 0.0600. The third-order valence-corrected chi connectivity index (χ3v) is 3.11. The molecule has 1 aromatic carbocycles. The Kier molecular flexibility index (Phi) is 2.59. The quantitative estimate of drug-likeness (QED) is 0.735. The predicted molar refractivity (Wildman–Crippen MR) is 60.7 cm³/mol. The molecular weight excluding hydrogens is 206 g/mol. The van der Waals surface area contributed by atoms with Gasteiger partial charge in [-0.15, -0.1) is 0 Å². The number of hydrogen-bond donors (Lipinski definition) is 2. The van der Waals surface area contributed by atoms with Crippen LogP contribution in [0.5, 0.6) is 0 Å². The summed E-state index contributed by atoms with van der Waals surface area (Å²) >= 11 is 0. The van der Waals surface area contributed by atoms with Gasteiger partial charge < -0.3 is 15.2 Å². The molecule has 0 aliphatic carbocycles. The summed E-state index contributed by atoms with van der Waals surface area (Å²) in [5.74, 6) is -0.352. The Labute approximate surface area is 94.2 Å². The number of methoxy groups -OCH3 is 1. The van der Waals surface area contributed by atoms with Gasteiger partial charge in [-0.1, -0.05) is 6.92 Å². The topological polar surface area (TPSA) is 58.6 Å². The number of rotatable bonds is 2. The number of aliphatic hydroxyl groups excluding tert-OH is 1. The average Bonchev–Trinajstić information content (AvgIpc) is 2.66. The molecule has 86 valence electrons. The number of anilines is 1. The molecule has 0 unspecified atom stereocenters. The highest BCUT2D eigenvalue weighted by Crippen LogP contribution is 2.36. The van der Waals surface area contributed by atoms with E-state index in [0.29, 0.717) is 12.1 Å². The molecule has 0 aromatic heterocycles. The van der Waals surface area contributed by atoms with Crippen LogP contribution in [0.1, 0.15) is 22.8 Å². The summed E-state index contributed by atoms with van der Waals surface area (Å²) in [6.07, 6.45) is 0. The Balaban J connectivity index is 2.45. The zero-order valence-corrected chi connectivity index (χ0v) is 9.41. The van der Waals surface area contributed by atoms with Crippen LogP contribution < -0.4 is 5.32 Å². The molecule has 4 nitrogen and oxygen atoms in total. The van der Waals surface area contributed by atoms with Crippen molar-refractivity contribution in [2.45, 2.75) is 12.3 Å². The molecule has 2 rings (SSSR count). The lowest BCUT2D eigenvalue weighted by Gasteiger charge is -2.20. The normalized spacial score (nSPS) is 22.4. The maximum Gasteiger partial charge on any atom is 0.337 e. The molecule has 0 bridgehead atoms. The number of fused-ring (bicyclic) bond motifs is 1. The van der Waals surface area contributed by atoms with E-state index in [1.54, 1.807) is 12.1 Å². The van der Waals surface area contributed by atoms with Crippen LogP contribution in [0.2, 0.25) is 0 Å². The Hall–Kier alpha value is -1.55. The molecule has 0 fully saturated rings. The molecule has 0 spiro atoms. The summed E-state index contributed by atoms with van der Waals surface area (Å²) in [6, 6.07) is 5.36. The first kappa shape index (κ1) is 11.0. The number of nitrogens with one attached hydrogen (secondary N) is 1. The summed E-state index contributed by atoms with van der Waals surface area (Å²) < 4.78 is 4.68. The summed E-state index contributed by atoms with van der Waals surface area (Å²) in [5.41, 5.74) is 2.14. The Morgan fingerprint density at radius 2 is 2.38 bits per heavy atom. The Morgan fingerprint density at radius 1 is 1.62 bits per heavy atom. The maximum atomic E-state index is 11.4. The van der Waals surface area contributed by atoms with Crippen molar-refractivity contribution < 1.29 is 14.6 Å². The summed E-state index contributed by atoms with van der Waals surface area (Å²) in [4.78, 5) is 11.4. The lowest BCUT2D eigenvalue weighted by Crippen LogP contribution is -2.28. The van der Waals surface area contributed by atoms with Crippen LogP contribution in [-0.4, -0.2) is 31.3 Å². The number of carbonyl (C=O) groups excluding carboxylic acids is 1. The third kappa shape index (κ3) is 1.55. The van der Waals surface area contributed by atoms with Crippen molar-refractivity contribution in [3.63, 3.8) is 0 Å². The van der Waals surface area contributed by atoms with Gasteiger partial charge >= 0.3 is 5.97 Å². The molecule has 0 radical (unpaired) electrons. The third-order valence-electron chi connectivity index (χ3n) is 3.11. The van der Waals surface area contributed by atoms with E-state index in [1.165, 1.54) is 7.11 Å². The molecule has 1 atom stereocenters. The molecule has 16 heavy (non-hydrogen) atoms. The number of esters is 1. The lowest BCUT2D eigenvalue weighted by atomic mass is 9.85. The fourth-order valence-electron chi connectivity index (χ4n) is 1.97. The molecule has 0 saturated heterocycles. The van der Waals surface area contributed by atoms with E-state index in [9.17, 15) is 9.90 Å². The number of benzene rings is 1. The number of carbonyl (C=O) groups is 1. The summed E-state index contributed by atoms with van der Waals surface area (Å²) in [6.45, 7) is 2.70. The molecule has 0 saturated carbocycles. The maximum absolute atomic E-state index is 11.4. The monoisotopic (exact) mass is 221 g/mol. The Bertz CT molecular complexity index is 430. The summed E-state index contributed by atoms with van der Waals surface area (Å²) in [7, 11) is 1.36. The minimum atomic E-state index is -0.352. The molecule has 1 aliphatic heterocycles. The fourth-order valence-corrected chi connectivity index (χ4v) is 1.97. The Morgan fingerprint density at radius 3 is 3.00 bits per heavy atom. The van der Waals surface area contributed by atoms with Crippen LogP contribution in [-0.2, 0) is 10.2 Å². The highest BCUT2D eigenvalue weighted by molar-refractivity contribution is 5.90. The number of ether oxygens (including phenoxy) is 1. The molecule has 4 heteroatoms. The van der Waals surface area contributed by atoms with Crippen molar-refractivity contribution in [1.29, 1.82) is 0 Å². The van der Waals surface area contributed by atoms with Gasteiger partial charge in [0.25, 0.3) is 0 Å². The van der Waals surface area contributed by atoms with Crippen LogP contribution in [0.25, 0.3) is 0 Å². The van der Waals surface area contributed by atoms with Crippen LogP contribution in [0.15, 0.2) is 18.2 Å². The van der Waals surface area contributed by atoms with E-state index in [0.717, 1.165) is 11.3 Å². The standard InChI is InChI=1S/C12H15NO3/c1-12(7-14)6-13-10-4-3-8(5-9(10)12)11(15)16-2/h3-5,13-14H,6-7H2,1-2H3/t12-/m1/s1. The molecule has 2 N–H and O–H groups in total. The first-order valence-electron chi connectivity index (χ1n) is 5.18. The fraction of sp³-hybridized carbons (Fsp3) is 0.417. The van der Waals surface area contributed by atoms with Gasteiger partial charge in [-0.2, -0.15) is 0 Å². The highest BCUT2D eigenvalue weighted by Gasteiger charge is 2.34. The van der Waals surface area contributed by atoms with Gasteiger partial charge in [-0.05, 0) is 23.8 Å². The van der Waals surface area contributed by atoms with Gasteiger partial charge in [0.2, 0.25) is 0 Å². The van der Waals surface area contributed by atoms with Crippen molar-refractivity contribution in [3.8, 4) is 0 Å². The highest BCUT2D eigenvalue weighted by atomic mass is 16.5. The molecule has 1 aromatic rings. The van der Waals surface area contributed by atoms with Crippen molar-refractivity contribution in [1.82, 2.24) is 0 Å².